The topological polar surface area (TPSA) is 69.6 Å². The molecule has 2 N–H and O–H groups in total. The summed E-state index contributed by atoms with van der Waals surface area (Å²) in [6.07, 6.45) is 0.303. The van der Waals surface area contributed by atoms with Gasteiger partial charge in [0.2, 0.25) is 5.91 Å². The quantitative estimate of drug-likeness (QED) is 0.733. The molecular formula is C17H26N2O3. The first kappa shape index (κ1) is 18.2. The molecule has 1 unspecified atom stereocenters. The average Bonchev–Trinajstić information content (AvgIpc) is 2.49. The van der Waals surface area contributed by atoms with E-state index in [0.29, 0.717) is 13.0 Å². The summed E-state index contributed by atoms with van der Waals surface area (Å²) in [6.45, 7) is 7.86. The minimum atomic E-state index is -0.986. The van der Waals surface area contributed by atoms with Crippen LogP contribution in [-0.2, 0) is 16.1 Å². The number of benzene rings is 1. The summed E-state index contributed by atoms with van der Waals surface area (Å²) >= 11 is 0. The highest BCUT2D eigenvalue weighted by Crippen LogP contribution is 2.06. The maximum absolute atomic E-state index is 11.9. The van der Waals surface area contributed by atoms with Gasteiger partial charge in [-0.15, -0.1) is 0 Å². The van der Waals surface area contributed by atoms with E-state index in [0.717, 1.165) is 13.1 Å². The SMILES string of the molecule is CCN(CCC(=O)NC(C(=O)O)C(C)C)Cc1ccccc1. The summed E-state index contributed by atoms with van der Waals surface area (Å²) in [4.78, 5) is 25.2. The molecule has 22 heavy (non-hydrogen) atoms. The van der Waals surface area contributed by atoms with E-state index in [4.69, 9.17) is 5.11 Å². The Labute approximate surface area is 132 Å². The van der Waals surface area contributed by atoms with E-state index >= 15 is 0 Å². The summed E-state index contributed by atoms with van der Waals surface area (Å²) < 4.78 is 0. The summed E-state index contributed by atoms with van der Waals surface area (Å²) in [6, 6.07) is 9.26. The first-order valence-electron chi connectivity index (χ1n) is 7.72. The number of rotatable bonds is 9. The second-order valence-corrected chi connectivity index (χ2v) is 5.73. The Morgan fingerprint density at radius 2 is 1.86 bits per heavy atom. The molecule has 0 radical (unpaired) electrons. The molecule has 0 bridgehead atoms. The van der Waals surface area contributed by atoms with Crippen LogP contribution in [0.1, 0.15) is 32.8 Å². The Morgan fingerprint density at radius 3 is 2.36 bits per heavy atom. The number of nitrogens with one attached hydrogen (secondary N) is 1. The molecule has 1 amide bonds. The van der Waals surface area contributed by atoms with E-state index in [1.807, 2.05) is 18.2 Å². The fraction of sp³-hybridized carbons (Fsp3) is 0.529. The Kier molecular flexibility index (Phi) is 7.60. The van der Waals surface area contributed by atoms with Crippen molar-refractivity contribution in [1.82, 2.24) is 10.2 Å². The average molecular weight is 306 g/mol. The Hall–Kier alpha value is -1.88. The van der Waals surface area contributed by atoms with E-state index < -0.39 is 12.0 Å². The molecule has 0 aliphatic carbocycles. The number of carboxylic acid groups (broad SMARTS) is 1. The molecule has 0 spiro atoms. The van der Waals surface area contributed by atoms with Gasteiger partial charge in [-0.05, 0) is 18.0 Å². The van der Waals surface area contributed by atoms with Crippen molar-refractivity contribution in [3.05, 3.63) is 35.9 Å². The highest BCUT2D eigenvalue weighted by atomic mass is 16.4. The first-order valence-corrected chi connectivity index (χ1v) is 7.72. The van der Waals surface area contributed by atoms with Gasteiger partial charge in [0.25, 0.3) is 0 Å². The Bertz CT molecular complexity index is 474. The van der Waals surface area contributed by atoms with Gasteiger partial charge in [0.15, 0.2) is 0 Å². The second kappa shape index (κ2) is 9.20. The Balaban J connectivity index is 2.45. The molecule has 5 heteroatoms. The third-order valence-electron chi connectivity index (χ3n) is 3.60. The fourth-order valence-corrected chi connectivity index (χ4v) is 2.21. The van der Waals surface area contributed by atoms with Crippen molar-refractivity contribution in [1.29, 1.82) is 0 Å². The lowest BCUT2D eigenvalue weighted by molar-refractivity contribution is -0.143. The van der Waals surface area contributed by atoms with Crippen LogP contribution in [-0.4, -0.2) is 41.0 Å². The van der Waals surface area contributed by atoms with Crippen molar-refractivity contribution in [2.24, 2.45) is 5.92 Å². The van der Waals surface area contributed by atoms with Crippen LogP contribution in [0.25, 0.3) is 0 Å². The van der Waals surface area contributed by atoms with Crippen LogP contribution in [0.5, 0.6) is 0 Å². The smallest absolute Gasteiger partial charge is 0.326 e. The van der Waals surface area contributed by atoms with E-state index in [-0.39, 0.29) is 11.8 Å². The third-order valence-corrected chi connectivity index (χ3v) is 3.60. The summed E-state index contributed by atoms with van der Waals surface area (Å²) in [5, 5.41) is 11.7. The molecular weight excluding hydrogens is 280 g/mol. The molecule has 1 rings (SSSR count). The van der Waals surface area contributed by atoms with Crippen LogP contribution in [0.3, 0.4) is 0 Å². The third kappa shape index (κ3) is 6.26. The van der Waals surface area contributed by atoms with Crippen LogP contribution in [0.15, 0.2) is 30.3 Å². The minimum absolute atomic E-state index is 0.131. The molecule has 0 fully saturated rings. The first-order chi connectivity index (χ1) is 10.4. The second-order valence-electron chi connectivity index (χ2n) is 5.73. The van der Waals surface area contributed by atoms with Gasteiger partial charge in [-0.25, -0.2) is 4.79 Å². The summed E-state index contributed by atoms with van der Waals surface area (Å²) in [5.74, 6) is -1.33. The van der Waals surface area contributed by atoms with Gasteiger partial charge >= 0.3 is 5.97 Å². The molecule has 0 saturated heterocycles. The zero-order valence-electron chi connectivity index (χ0n) is 13.6. The van der Waals surface area contributed by atoms with E-state index in [1.54, 1.807) is 13.8 Å². The van der Waals surface area contributed by atoms with Crippen LogP contribution in [0, 0.1) is 5.92 Å². The maximum Gasteiger partial charge on any atom is 0.326 e. The number of hydrogen-bond donors (Lipinski definition) is 2. The lowest BCUT2D eigenvalue weighted by atomic mass is 10.0. The summed E-state index contributed by atoms with van der Waals surface area (Å²) in [7, 11) is 0. The number of carbonyl (C=O) groups is 2. The van der Waals surface area contributed by atoms with Gasteiger partial charge in [-0.2, -0.15) is 0 Å². The molecule has 122 valence electrons. The highest BCUT2D eigenvalue weighted by Gasteiger charge is 2.23. The largest absolute Gasteiger partial charge is 0.480 e. The van der Waals surface area contributed by atoms with Crippen LogP contribution in [0.2, 0.25) is 0 Å². The zero-order valence-corrected chi connectivity index (χ0v) is 13.6. The van der Waals surface area contributed by atoms with Crippen molar-refractivity contribution in [2.75, 3.05) is 13.1 Å². The van der Waals surface area contributed by atoms with Crippen molar-refractivity contribution in [2.45, 2.75) is 39.8 Å². The molecule has 0 saturated carbocycles. The van der Waals surface area contributed by atoms with Gasteiger partial charge in [0, 0.05) is 19.5 Å². The van der Waals surface area contributed by atoms with Crippen molar-refractivity contribution in [3.63, 3.8) is 0 Å². The summed E-state index contributed by atoms with van der Waals surface area (Å²) in [5.41, 5.74) is 1.20. The predicted octanol–water partition coefficient (Wildman–Crippen LogP) is 2.12. The molecule has 1 aromatic rings. The van der Waals surface area contributed by atoms with Gasteiger partial charge in [0.1, 0.15) is 6.04 Å². The number of carboxylic acids is 1. The van der Waals surface area contributed by atoms with Crippen molar-refractivity contribution >= 4 is 11.9 Å². The number of carbonyl (C=O) groups excluding carboxylic acids is 1. The number of hydrogen-bond acceptors (Lipinski definition) is 3. The van der Waals surface area contributed by atoms with Crippen molar-refractivity contribution in [3.8, 4) is 0 Å². The van der Waals surface area contributed by atoms with Gasteiger partial charge in [0.05, 0.1) is 0 Å². The lowest BCUT2D eigenvalue weighted by Gasteiger charge is -2.22. The molecule has 0 aromatic heterocycles. The minimum Gasteiger partial charge on any atom is -0.480 e. The number of amides is 1. The number of nitrogens with zero attached hydrogens (tertiary/aromatic N) is 1. The molecule has 0 aliphatic rings. The molecule has 1 atom stereocenters. The highest BCUT2D eigenvalue weighted by molar-refractivity contribution is 5.83. The monoisotopic (exact) mass is 306 g/mol. The van der Waals surface area contributed by atoms with Gasteiger partial charge in [-0.1, -0.05) is 51.1 Å². The van der Waals surface area contributed by atoms with Crippen LogP contribution >= 0.6 is 0 Å². The van der Waals surface area contributed by atoms with Gasteiger partial charge < -0.3 is 10.4 Å². The zero-order chi connectivity index (χ0) is 16.5. The Morgan fingerprint density at radius 1 is 1.23 bits per heavy atom. The molecule has 0 heterocycles. The molecule has 5 nitrogen and oxygen atoms in total. The fourth-order valence-electron chi connectivity index (χ4n) is 2.21. The van der Waals surface area contributed by atoms with Crippen LogP contribution < -0.4 is 5.32 Å². The molecule has 0 aliphatic heterocycles. The molecule has 1 aromatic carbocycles. The van der Waals surface area contributed by atoms with E-state index in [9.17, 15) is 9.59 Å². The maximum atomic E-state index is 11.9. The predicted molar refractivity (Wildman–Crippen MR) is 86.4 cm³/mol. The normalized spacial score (nSPS) is 12.4. The lowest BCUT2D eigenvalue weighted by Crippen LogP contribution is -2.45. The standard InChI is InChI=1S/C17H26N2O3/c1-4-19(12-14-8-6-5-7-9-14)11-10-15(20)18-16(13(2)3)17(21)22/h5-9,13,16H,4,10-12H2,1-3H3,(H,18,20)(H,21,22). The van der Waals surface area contributed by atoms with Gasteiger partial charge in [-0.3, -0.25) is 9.69 Å². The number of aliphatic carboxylic acids is 1. The van der Waals surface area contributed by atoms with E-state index in [1.165, 1.54) is 5.56 Å². The van der Waals surface area contributed by atoms with Crippen molar-refractivity contribution < 1.29 is 14.7 Å². The van der Waals surface area contributed by atoms with E-state index in [2.05, 4.69) is 29.3 Å². The van der Waals surface area contributed by atoms with Crippen LogP contribution in [0.4, 0.5) is 0 Å².